The number of nitrogens with zero attached hydrogens (tertiary/aromatic N) is 1. The Morgan fingerprint density at radius 3 is 2.56 bits per heavy atom. The lowest BCUT2D eigenvalue weighted by Crippen LogP contribution is -2.15. The lowest BCUT2D eigenvalue weighted by molar-refractivity contribution is -0.384. The smallest absolute Gasteiger partial charge is 0.338 e. The molecule has 1 N–H and O–H groups in total. The number of benzene rings is 2. The van der Waals surface area contributed by atoms with Crippen molar-refractivity contribution in [3.8, 4) is 0 Å². The zero-order chi connectivity index (χ0) is 19.6. The molecule has 3 rings (SSSR count). The number of ether oxygens (including phenoxy) is 1. The summed E-state index contributed by atoms with van der Waals surface area (Å²) in [5, 5.41) is 14.3. The van der Waals surface area contributed by atoms with Gasteiger partial charge in [-0.25, -0.2) is 4.79 Å². The molecule has 1 aliphatic carbocycles. The number of hydrogen-bond acceptors (Lipinski definition) is 6. The highest BCUT2D eigenvalue weighted by Crippen LogP contribution is 2.31. The summed E-state index contributed by atoms with van der Waals surface area (Å²) in [6.07, 6.45) is 1.95. The largest absolute Gasteiger partial charge is 0.454 e. The molecule has 0 spiro atoms. The molecule has 0 aliphatic heterocycles. The van der Waals surface area contributed by atoms with Crippen LogP contribution in [0.2, 0.25) is 0 Å². The first-order chi connectivity index (χ1) is 12.8. The lowest BCUT2D eigenvalue weighted by Gasteiger charge is -2.09. The minimum absolute atomic E-state index is 0.0384. The van der Waals surface area contributed by atoms with Crippen molar-refractivity contribution in [3.63, 3.8) is 0 Å². The first kappa shape index (κ1) is 18.6. The van der Waals surface area contributed by atoms with E-state index < -0.39 is 17.5 Å². The quantitative estimate of drug-likeness (QED) is 0.345. The highest BCUT2D eigenvalue weighted by Gasteiger charge is 2.26. The number of hydrogen-bond donors (Lipinski definition) is 1. The number of esters is 1. The Balaban J connectivity index is 1.69. The number of nitro groups is 1. The van der Waals surface area contributed by atoms with Crippen molar-refractivity contribution in [3.05, 3.63) is 68.8 Å². The van der Waals surface area contributed by atoms with Crippen LogP contribution in [0.5, 0.6) is 0 Å². The van der Waals surface area contributed by atoms with Crippen LogP contribution in [0.1, 0.15) is 44.7 Å². The third kappa shape index (κ3) is 4.49. The molecule has 2 aromatic rings. The van der Waals surface area contributed by atoms with E-state index in [4.69, 9.17) is 4.74 Å². The summed E-state index contributed by atoms with van der Waals surface area (Å²) in [6.45, 7) is 3.32. The first-order valence-electron chi connectivity index (χ1n) is 8.67. The third-order valence-corrected chi connectivity index (χ3v) is 4.38. The average Bonchev–Trinajstić information content (AvgIpc) is 3.43. The molecule has 0 heterocycles. The van der Waals surface area contributed by atoms with E-state index in [-0.39, 0.29) is 23.1 Å². The summed E-state index contributed by atoms with van der Waals surface area (Å²) < 4.78 is 5.07. The molecule has 0 aromatic heterocycles. The van der Waals surface area contributed by atoms with Crippen molar-refractivity contribution < 1.29 is 19.2 Å². The van der Waals surface area contributed by atoms with Crippen LogP contribution in [0.4, 0.5) is 11.4 Å². The van der Waals surface area contributed by atoms with Crippen LogP contribution in [0, 0.1) is 24.0 Å². The van der Waals surface area contributed by atoms with E-state index in [2.05, 4.69) is 5.32 Å². The molecule has 0 bridgehead atoms. The summed E-state index contributed by atoms with van der Waals surface area (Å²) in [6, 6.07) is 9.78. The van der Waals surface area contributed by atoms with Crippen molar-refractivity contribution in [2.24, 2.45) is 0 Å². The molecular formula is C20H20N2O5. The summed E-state index contributed by atoms with van der Waals surface area (Å²) in [7, 11) is 0. The fraction of sp³-hybridized carbons (Fsp3) is 0.300. The Hall–Kier alpha value is -3.22. The molecule has 140 valence electrons. The molecule has 0 unspecified atom stereocenters. The van der Waals surface area contributed by atoms with Crippen LogP contribution in [0.3, 0.4) is 0 Å². The number of Topliss-reactive ketones (excluding diaryl/α,β-unsaturated/α-hetero) is 1. The van der Waals surface area contributed by atoms with Gasteiger partial charge in [0.25, 0.3) is 5.69 Å². The van der Waals surface area contributed by atoms with Gasteiger partial charge in [0, 0.05) is 17.7 Å². The maximum absolute atomic E-state index is 12.3. The Morgan fingerprint density at radius 2 is 1.93 bits per heavy atom. The minimum Gasteiger partial charge on any atom is -0.454 e. The van der Waals surface area contributed by atoms with Gasteiger partial charge in [-0.15, -0.1) is 0 Å². The maximum Gasteiger partial charge on any atom is 0.338 e. The third-order valence-electron chi connectivity index (χ3n) is 4.38. The fourth-order valence-electron chi connectivity index (χ4n) is 2.80. The second kappa shape index (κ2) is 7.57. The summed E-state index contributed by atoms with van der Waals surface area (Å²) >= 11 is 0. The maximum atomic E-state index is 12.3. The normalized spacial score (nSPS) is 13.1. The number of anilines is 1. The summed E-state index contributed by atoms with van der Waals surface area (Å²) in [4.78, 5) is 35.2. The van der Waals surface area contributed by atoms with Crippen molar-refractivity contribution in [1.82, 2.24) is 0 Å². The number of ketones is 1. The zero-order valence-corrected chi connectivity index (χ0v) is 15.2. The fourth-order valence-corrected chi connectivity index (χ4v) is 2.80. The van der Waals surface area contributed by atoms with Gasteiger partial charge >= 0.3 is 5.97 Å². The van der Waals surface area contributed by atoms with Crippen LogP contribution in [-0.4, -0.2) is 29.3 Å². The SMILES string of the molecule is Cc1ccc(C(=O)COC(=O)c2ccc(NC3CC3)c([N+](=O)[O-])c2)c(C)c1. The van der Waals surface area contributed by atoms with Crippen LogP contribution in [-0.2, 0) is 4.74 Å². The van der Waals surface area contributed by atoms with E-state index in [0.717, 1.165) is 24.0 Å². The van der Waals surface area contributed by atoms with Crippen LogP contribution in [0.25, 0.3) is 0 Å². The lowest BCUT2D eigenvalue weighted by atomic mass is 10.0. The molecule has 0 saturated heterocycles. The number of carbonyl (C=O) groups excluding carboxylic acids is 2. The minimum atomic E-state index is -0.769. The van der Waals surface area contributed by atoms with Gasteiger partial charge < -0.3 is 10.1 Å². The van der Waals surface area contributed by atoms with Gasteiger partial charge in [0.05, 0.1) is 10.5 Å². The van der Waals surface area contributed by atoms with Gasteiger partial charge in [0.1, 0.15) is 5.69 Å². The molecule has 1 aliphatic rings. The molecule has 0 amide bonds. The van der Waals surface area contributed by atoms with E-state index in [9.17, 15) is 19.7 Å². The molecule has 7 nitrogen and oxygen atoms in total. The number of nitro benzene ring substituents is 1. The topological polar surface area (TPSA) is 98.5 Å². The van der Waals surface area contributed by atoms with E-state index in [1.165, 1.54) is 18.2 Å². The average molecular weight is 368 g/mol. The summed E-state index contributed by atoms with van der Waals surface area (Å²) in [5.41, 5.74) is 2.57. The second-order valence-corrected chi connectivity index (χ2v) is 6.73. The number of rotatable bonds is 7. The van der Waals surface area contributed by atoms with Gasteiger partial charge in [0.2, 0.25) is 5.78 Å². The summed E-state index contributed by atoms with van der Waals surface area (Å²) in [5.74, 6) is -1.09. The molecule has 1 saturated carbocycles. The highest BCUT2D eigenvalue weighted by molar-refractivity contribution is 6.00. The van der Waals surface area contributed by atoms with Gasteiger partial charge in [-0.1, -0.05) is 23.8 Å². The molecule has 7 heteroatoms. The second-order valence-electron chi connectivity index (χ2n) is 6.73. The standard InChI is InChI=1S/C20H20N2O5/c1-12-3-7-16(13(2)9-12)19(23)11-27-20(24)14-4-8-17(21-15-5-6-15)18(10-14)22(25)26/h3-4,7-10,15,21H,5-6,11H2,1-2H3. The Kier molecular flexibility index (Phi) is 5.21. The van der Waals surface area contributed by atoms with E-state index in [1.807, 2.05) is 26.0 Å². The molecule has 2 aromatic carbocycles. The van der Waals surface area contributed by atoms with Gasteiger partial charge in [-0.05, 0) is 44.4 Å². The van der Waals surface area contributed by atoms with E-state index >= 15 is 0 Å². The molecule has 0 radical (unpaired) electrons. The van der Waals surface area contributed by atoms with Crippen molar-refractivity contribution >= 4 is 23.1 Å². The van der Waals surface area contributed by atoms with Crippen molar-refractivity contribution in [2.45, 2.75) is 32.7 Å². The monoisotopic (exact) mass is 368 g/mol. The predicted octanol–water partition coefficient (Wildman–Crippen LogP) is 3.83. The van der Waals surface area contributed by atoms with Crippen LogP contribution >= 0.6 is 0 Å². The van der Waals surface area contributed by atoms with Gasteiger partial charge in [-0.2, -0.15) is 0 Å². The highest BCUT2D eigenvalue weighted by atomic mass is 16.6. The Bertz CT molecular complexity index is 919. The zero-order valence-electron chi connectivity index (χ0n) is 15.2. The molecular weight excluding hydrogens is 348 g/mol. The Morgan fingerprint density at radius 1 is 1.19 bits per heavy atom. The van der Waals surface area contributed by atoms with Gasteiger partial charge in [0.15, 0.2) is 6.61 Å². The van der Waals surface area contributed by atoms with E-state index in [1.54, 1.807) is 6.07 Å². The molecule has 27 heavy (non-hydrogen) atoms. The van der Waals surface area contributed by atoms with E-state index in [0.29, 0.717) is 11.3 Å². The van der Waals surface area contributed by atoms with Gasteiger partial charge in [-0.3, -0.25) is 14.9 Å². The number of aryl methyl sites for hydroxylation is 2. The van der Waals surface area contributed by atoms with Crippen LogP contribution < -0.4 is 5.32 Å². The first-order valence-corrected chi connectivity index (χ1v) is 8.67. The van der Waals surface area contributed by atoms with Crippen LogP contribution in [0.15, 0.2) is 36.4 Å². The number of carbonyl (C=O) groups is 2. The molecule has 0 atom stereocenters. The van der Waals surface area contributed by atoms with Crippen molar-refractivity contribution in [1.29, 1.82) is 0 Å². The van der Waals surface area contributed by atoms with Crippen molar-refractivity contribution in [2.75, 3.05) is 11.9 Å². The number of nitrogens with one attached hydrogen (secondary N) is 1. The molecule has 1 fully saturated rings. The Labute approximate surface area is 156 Å². The predicted molar refractivity (Wildman–Crippen MR) is 100 cm³/mol.